The predicted molar refractivity (Wildman–Crippen MR) is 113 cm³/mol. The van der Waals surface area contributed by atoms with Gasteiger partial charge in [0.1, 0.15) is 17.2 Å². The molecule has 0 spiro atoms. The predicted octanol–water partition coefficient (Wildman–Crippen LogP) is 5.47. The van der Waals surface area contributed by atoms with Gasteiger partial charge < -0.3 is 20.7 Å². The molecule has 3 N–H and O–H groups in total. The number of nitrogens with one attached hydrogen (secondary N) is 3. The van der Waals surface area contributed by atoms with Crippen molar-refractivity contribution in [1.82, 2.24) is 10.3 Å². The fourth-order valence-electron chi connectivity index (χ4n) is 2.55. The number of hydrogen-bond acceptors (Lipinski definition) is 4. The summed E-state index contributed by atoms with van der Waals surface area (Å²) in [7, 11) is 1.50. The fraction of sp³-hybridized carbons (Fsp3) is 0.0952. The monoisotopic (exact) mass is 446 g/mol. The molecule has 3 aromatic rings. The summed E-state index contributed by atoms with van der Waals surface area (Å²) >= 11 is 5.72. The Morgan fingerprint density at radius 3 is 2.32 bits per heavy atom. The van der Waals surface area contributed by atoms with E-state index in [-0.39, 0.29) is 27.9 Å². The van der Waals surface area contributed by atoms with E-state index >= 15 is 0 Å². The quantitative estimate of drug-likeness (QED) is 0.468. The second-order valence-electron chi connectivity index (χ2n) is 6.20. The third-order valence-corrected chi connectivity index (χ3v) is 4.37. The highest BCUT2D eigenvalue weighted by molar-refractivity contribution is 6.31. The van der Waals surface area contributed by atoms with E-state index in [0.29, 0.717) is 17.2 Å². The van der Waals surface area contributed by atoms with Crippen LogP contribution in [0.15, 0.2) is 60.8 Å². The van der Waals surface area contributed by atoms with Crippen LogP contribution in [0.3, 0.4) is 0 Å². The van der Waals surface area contributed by atoms with Gasteiger partial charge in [-0.1, -0.05) is 11.6 Å². The molecule has 10 heteroatoms. The number of carbonyl (C=O) groups excluding carboxylic acids is 2. The van der Waals surface area contributed by atoms with E-state index in [2.05, 4.69) is 20.9 Å². The molecule has 0 aliphatic heterocycles. The van der Waals surface area contributed by atoms with Crippen LogP contribution in [0.2, 0.25) is 5.02 Å². The number of hydrogen-bond donors (Lipinski definition) is 3. The molecule has 0 aliphatic rings. The van der Waals surface area contributed by atoms with Crippen molar-refractivity contribution in [3.63, 3.8) is 0 Å². The van der Waals surface area contributed by atoms with Crippen LogP contribution in [-0.2, 0) is 0 Å². The molecule has 31 heavy (non-hydrogen) atoms. The average Bonchev–Trinajstić information content (AvgIpc) is 2.76. The van der Waals surface area contributed by atoms with Gasteiger partial charge in [0.05, 0.1) is 0 Å². The smallest absolute Gasteiger partial charge is 0.323 e. The summed E-state index contributed by atoms with van der Waals surface area (Å²) in [6, 6.07) is 12.8. The molecule has 0 bridgehead atoms. The normalized spacial score (nSPS) is 10.5. The van der Waals surface area contributed by atoms with Gasteiger partial charge in [0.15, 0.2) is 0 Å². The van der Waals surface area contributed by atoms with Crippen LogP contribution in [-0.4, -0.2) is 24.0 Å². The molecule has 0 fully saturated rings. The Morgan fingerprint density at radius 1 is 0.968 bits per heavy atom. The van der Waals surface area contributed by atoms with Crippen molar-refractivity contribution in [3.8, 4) is 11.5 Å². The number of ether oxygens (including phenoxy) is 1. The molecule has 160 valence electrons. The Kier molecular flexibility index (Phi) is 6.99. The summed E-state index contributed by atoms with van der Waals surface area (Å²) in [5.74, 6) is 0.557. The minimum atomic E-state index is -2.75. The van der Waals surface area contributed by atoms with Crippen molar-refractivity contribution < 1.29 is 23.1 Å². The maximum absolute atomic E-state index is 12.9. The number of pyridine rings is 1. The fourth-order valence-corrected chi connectivity index (χ4v) is 2.75. The molecule has 2 aromatic carbocycles. The topological polar surface area (TPSA) is 92.4 Å². The van der Waals surface area contributed by atoms with Gasteiger partial charge in [-0.3, -0.25) is 9.78 Å². The van der Waals surface area contributed by atoms with Crippen LogP contribution < -0.4 is 20.7 Å². The molecule has 0 unspecified atom stereocenters. The maximum atomic E-state index is 12.9. The molecule has 0 radical (unpaired) electrons. The van der Waals surface area contributed by atoms with E-state index in [0.717, 1.165) is 6.07 Å². The van der Waals surface area contributed by atoms with Crippen LogP contribution in [0.25, 0.3) is 0 Å². The summed E-state index contributed by atoms with van der Waals surface area (Å²) < 4.78 is 31.5. The highest BCUT2D eigenvalue weighted by atomic mass is 35.5. The first-order valence-corrected chi connectivity index (χ1v) is 9.35. The van der Waals surface area contributed by atoms with Gasteiger partial charge in [-0.25, -0.2) is 13.6 Å². The standard InChI is InChI=1S/C21H17ClF2N4O3/c1-25-20(29)18-11-15(8-9-26-18)31-14-5-2-12(3-6-14)27-21(30)28-13-4-7-17(22)16(10-13)19(23)24/h2-11,19H,1H3,(H,25,29)(H2,27,28,30). The van der Waals surface area contributed by atoms with Crippen LogP contribution in [0, 0.1) is 0 Å². The zero-order chi connectivity index (χ0) is 22.4. The van der Waals surface area contributed by atoms with Gasteiger partial charge in [0, 0.05) is 41.3 Å². The van der Waals surface area contributed by atoms with Gasteiger partial charge in [0.2, 0.25) is 0 Å². The zero-order valence-electron chi connectivity index (χ0n) is 16.2. The summed E-state index contributed by atoms with van der Waals surface area (Å²) in [6.45, 7) is 0. The van der Waals surface area contributed by atoms with Crippen molar-refractivity contribution in [2.45, 2.75) is 6.43 Å². The lowest BCUT2D eigenvalue weighted by Gasteiger charge is -2.11. The summed E-state index contributed by atoms with van der Waals surface area (Å²) in [5.41, 5.74) is 0.485. The Labute approximate surface area is 181 Å². The molecular formula is C21H17ClF2N4O3. The molecule has 0 atom stereocenters. The third kappa shape index (κ3) is 5.89. The van der Waals surface area contributed by atoms with Crippen LogP contribution in [0.5, 0.6) is 11.5 Å². The number of benzene rings is 2. The number of carbonyl (C=O) groups is 2. The third-order valence-electron chi connectivity index (χ3n) is 4.03. The summed E-state index contributed by atoms with van der Waals surface area (Å²) in [6.07, 6.45) is -1.30. The van der Waals surface area contributed by atoms with Crippen molar-refractivity contribution in [3.05, 3.63) is 77.1 Å². The highest BCUT2D eigenvalue weighted by Gasteiger charge is 2.13. The van der Waals surface area contributed by atoms with Crippen molar-refractivity contribution in [1.29, 1.82) is 0 Å². The van der Waals surface area contributed by atoms with Crippen molar-refractivity contribution in [2.24, 2.45) is 0 Å². The largest absolute Gasteiger partial charge is 0.457 e. The summed E-state index contributed by atoms with van der Waals surface area (Å²) in [4.78, 5) is 27.7. The Bertz CT molecular complexity index is 1090. The van der Waals surface area contributed by atoms with Crippen molar-refractivity contribution >= 4 is 34.9 Å². The van der Waals surface area contributed by atoms with Crippen LogP contribution >= 0.6 is 11.6 Å². The first kappa shape index (κ1) is 22.0. The SMILES string of the molecule is CNC(=O)c1cc(Oc2ccc(NC(=O)Nc3ccc(Cl)c(C(F)F)c3)cc2)ccn1. The second-order valence-corrected chi connectivity index (χ2v) is 6.61. The number of urea groups is 1. The lowest BCUT2D eigenvalue weighted by atomic mass is 10.2. The zero-order valence-corrected chi connectivity index (χ0v) is 16.9. The van der Waals surface area contributed by atoms with Gasteiger partial charge in [-0.15, -0.1) is 0 Å². The van der Waals surface area contributed by atoms with Crippen LogP contribution in [0.4, 0.5) is 25.0 Å². The Morgan fingerprint density at radius 2 is 1.65 bits per heavy atom. The first-order chi connectivity index (χ1) is 14.9. The van der Waals surface area contributed by atoms with E-state index in [4.69, 9.17) is 16.3 Å². The number of aromatic nitrogens is 1. The molecule has 1 aromatic heterocycles. The number of anilines is 2. The molecule has 0 saturated heterocycles. The van der Waals surface area contributed by atoms with Gasteiger partial charge in [0.25, 0.3) is 12.3 Å². The number of rotatable bonds is 6. The maximum Gasteiger partial charge on any atom is 0.323 e. The Balaban J connectivity index is 1.61. The minimum absolute atomic E-state index is 0.0758. The molecule has 3 amide bonds. The van der Waals surface area contributed by atoms with Gasteiger partial charge >= 0.3 is 6.03 Å². The summed E-state index contributed by atoms with van der Waals surface area (Å²) in [5, 5.41) is 7.46. The second kappa shape index (κ2) is 9.86. The van der Waals surface area contributed by atoms with E-state index in [1.807, 2.05) is 0 Å². The van der Waals surface area contributed by atoms with E-state index in [1.54, 1.807) is 30.3 Å². The Hall–Kier alpha value is -3.72. The minimum Gasteiger partial charge on any atom is -0.457 e. The van der Waals surface area contributed by atoms with Crippen molar-refractivity contribution in [2.75, 3.05) is 17.7 Å². The van der Waals surface area contributed by atoms with Gasteiger partial charge in [-0.05, 0) is 48.5 Å². The number of halogens is 3. The molecule has 0 saturated carbocycles. The molecular weight excluding hydrogens is 430 g/mol. The highest BCUT2D eigenvalue weighted by Crippen LogP contribution is 2.29. The molecule has 3 rings (SSSR count). The lowest BCUT2D eigenvalue weighted by Crippen LogP contribution is -2.19. The van der Waals surface area contributed by atoms with E-state index in [9.17, 15) is 18.4 Å². The number of amides is 3. The molecule has 0 aliphatic carbocycles. The first-order valence-electron chi connectivity index (χ1n) is 8.97. The lowest BCUT2D eigenvalue weighted by molar-refractivity contribution is 0.0957. The average molecular weight is 447 g/mol. The van der Waals surface area contributed by atoms with E-state index < -0.39 is 12.5 Å². The molecule has 1 heterocycles. The number of alkyl halides is 2. The molecule has 7 nitrogen and oxygen atoms in total. The van der Waals surface area contributed by atoms with Crippen LogP contribution in [0.1, 0.15) is 22.5 Å². The van der Waals surface area contributed by atoms with Gasteiger partial charge in [-0.2, -0.15) is 0 Å². The number of nitrogens with zero attached hydrogens (tertiary/aromatic N) is 1. The van der Waals surface area contributed by atoms with E-state index in [1.165, 1.54) is 31.4 Å².